The molecule has 3 rings (SSSR count). The Balaban J connectivity index is 1.77. The van der Waals surface area contributed by atoms with Crippen molar-refractivity contribution in [2.45, 2.75) is 36.2 Å². The fourth-order valence-electron chi connectivity index (χ4n) is 3.90. The summed E-state index contributed by atoms with van der Waals surface area (Å²) < 4.78 is 42.4. The summed E-state index contributed by atoms with van der Waals surface area (Å²) in [6.45, 7) is 6.36. The molecule has 0 bridgehead atoms. The van der Waals surface area contributed by atoms with Gasteiger partial charge in [-0.15, -0.1) is 0 Å². The summed E-state index contributed by atoms with van der Waals surface area (Å²) in [7, 11) is -4.50. The topological polar surface area (TPSA) is 105 Å². The van der Waals surface area contributed by atoms with E-state index in [4.69, 9.17) is 13.7 Å². The maximum Gasteiger partial charge on any atom is 0.297 e. The molecule has 0 N–H and O–H groups in total. The zero-order valence-electron chi connectivity index (χ0n) is 20.1. The lowest BCUT2D eigenvalue weighted by molar-refractivity contribution is -0.384. The number of nitrogens with zero attached hydrogens (tertiary/aromatic N) is 1. The van der Waals surface area contributed by atoms with Crippen molar-refractivity contribution in [3.05, 3.63) is 94.5 Å². The second kappa shape index (κ2) is 11.1. The molecule has 0 aliphatic rings. The van der Waals surface area contributed by atoms with Gasteiger partial charge >= 0.3 is 0 Å². The summed E-state index contributed by atoms with van der Waals surface area (Å²) >= 11 is 0. The van der Waals surface area contributed by atoms with Crippen LogP contribution < -0.4 is 4.74 Å². The van der Waals surface area contributed by atoms with Gasteiger partial charge in [0.15, 0.2) is 0 Å². The van der Waals surface area contributed by atoms with Gasteiger partial charge in [0.1, 0.15) is 11.5 Å². The molecule has 0 saturated carbocycles. The van der Waals surface area contributed by atoms with Gasteiger partial charge in [-0.1, -0.05) is 50.0 Å². The Morgan fingerprint density at radius 3 is 1.97 bits per heavy atom. The smallest absolute Gasteiger partial charge is 0.297 e. The van der Waals surface area contributed by atoms with Gasteiger partial charge in [0.25, 0.3) is 15.8 Å². The normalized spacial score (nSPS) is 13.7. The third-order valence-electron chi connectivity index (χ3n) is 5.55. The van der Waals surface area contributed by atoms with Crippen molar-refractivity contribution in [2.24, 2.45) is 0 Å². The van der Waals surface area contributed by atoms with E-state index < -0.39 is 29.2 Å². The second-order valence-corrected chi connectivity index (χ2v) is 16.1. The van der Waals surface area contributed by atoms with Gasteiger partial charge in [0.2, 0.25) is 0 Å². The molecule has 8 nitrogen and oxygen atoms in total. The quantitative estimate of drug-likeness (QED) is 0.138. The molecule has 3 aromatic rings. The number of para-hydroxylation sites is 1. The Morgan fingerprint density at radius 2 is 1.46 bits per heavy atom. The van der Waals surface area contributed by atoms with E-state index >= 15 is 0 Å². The first-order valence-electron chi connectivity index (χ1n) is 11.0. The van der Waals surface area contributed by atoms with Crippen LogP contribution >= 0.6 is 0 Å². The highest BCUT2D eigenvalue weighted by molar-refractivity contribution is 7.86. The number of methoxy groups -OCH3 is 1. The van der Waals surface area contributed by atoms with E-state index in [9.17, 15) is 18.5 Å². The number of benzene rings is 3. The number of non-ortho nitro benzene ring substituents is 1. The predicted molar refractivity (Wildman–Crippen MR) is 136 cm³/mol. The van der Waals surface area contributed by atoms with Crippen molar-refractivity contribution >= 4 is 23.9 Å². The van der Waals surface area contributed by atoms with Crippen molar-refractivity contribution in [1.82, 2.24) is 0 Å². The van der Waals surface area contributed by atoms with Crippen molar-refractivity contribution < 1.29 is 27.0 Å². The Bertz CT molecular complexity index is 1230. The number of nitro groups is 1. The SMILES string of the molecule is CO[C@H](COS(=O)(=O)c1ccc([N+](=O)[O-])cc1)[C@H](c1ccc(Oc2ccccc2)cc1)[Si](C)(C)C. The van der Waals surface area contributed by atoms with Gasteiger partial charge in [-0.25, -0.2) is 0 Å². The lowest BCUT2D eigenvalue weighted by Gasteiger charge is -2.35. The molecule has 186 valence electrons. The molecule has 2 atom stereocenters. The molecular formula is C25H29NO7SSi. The molecule has 0 saturated heterocycles. The molecular weight excluding hydrogens is 486 g/mol. The van der Waals surface area contributed by atoms with E-state index in [0.29, 0.717) is 5.75 Å². The maximum atomic E-state index is 12.7. The first-order valence-corrected chi connectivity index (χ1v) is 16.0. The summed E-state index contributed by atoms with van der Waals surface area (Å²) in [6.07, 6.45) is -0.518. The van der Waals surface area contributed by atoms with Crippen molar-refractivity contribution in [3.63, 3.8) is 0 Å². The third-order valence-corrected chi connectivity index (χ3v) is 9.42. The van der Waals surface area contributed by atoms with Gasteiger partial charge in [-0.05, 0) is 42.0 Å². The molecule has 35 heavy (non-hydrogen) atoms. The lowest BCUT2D eigenvalue weighted by Crippen LogP contribution is -2.42. The molecule has 0 amide bonds. The van der Waals surface area contributed by atoms with Gasteiger partial charge < -0.3 is 9.47 Å². The average molecular weight is 516 g/mol. The largest absolute Gasteiger partial charge is 0.457 e. The van der Waals surface area contributed by atoms with Crippen LogP contribution in [0.25, 0.3) is 0 Å². The van der Waals surface area contributed by atoms with E-state index in [1.54, 1.807) is 0 Å². The highest BCUT2D eigenvalue weighted by atomic mass is 32.2. The van der Waals surface area contributed by atoms with Crippen LogP contribution in [-0.2, 0) is 19.0 Å². The zero-order chi connectivity index (χ0) is 25.6. The molecule has 0 aliphatic heterocycles. The monoisotopic (exact) mass is 515 g/mol. The highest BCUT2D eigenvalue weighted by Crippen LogP contribution is 2.34. The maximum absolute atomic E-state index is 12.7. The van der Waals surface area contributed by atoms with E-state index in [2.05, 4.69) is 19.6 Å². The Morgan fingerprint density at radius 1 is 0.886 bits per heavy atom. The molecule has 0 spiro atoms. The van der Waals surface area contributed by atoms with E-state index in [0.717, 1.165) is 35.6 Å². The van der Waals surface area contributed by atoms with Crippen LogP contribution in [0.5, 0.6) is 11.5 Å². The minimum atomic E-state index is -4.12. The zero-order valence-corrected chi connectivity index (χ0v) is 21.9. The minimum Gasteiger partial charge on any atom is -0.457 e. The first-order chi connectivity index (χ1) is 16.5. The van der Waals surface area contributed by atoms with Crippen LogP contribution in [0.2, 0.25) is 19.6 Å². The lowest BCUT2D eigenvalue weighted by atomic mass is 10.1. The van der Waals surface area contributed by atoms with Crippen LogP contribution in [0.3, 0.4) is 0 Å². The predicted octanol–water partition coefficient (Wildman–Crippen LogP) is 5.77. The Labute approximate surface area is 206 Å². The van der Waals surface area contributed by atoms with E-state index in [1.807, 2.05) is 54.6 Å². The molecule has 0 aliphatic carbocycles. The number of nitro benzene ring substituents is 1. The Hall–Kier alpha value is -3.05. The third kappa shape index (κ3) is 6.98. The fourth-order valence-corrected chi connectivity index (χ4v) is 7.36. The van der Waals surface area contributed by atoms with Crippen LogP contribution in [0.15, 0.2) is 83.8 Å². The van der Waals surface area contributed by atoms with E-state index in [-0.39, 0.29) is 22.7 Å². The fraction of sp³-hybridized carbons (Fsp3) is 0.280. The molecule has 0 aromatic heterocycles. The number of ether oxygens (including phenoxy) is 2. The van der Waals surface area contributed by atoms with Crippen molar-refractivity contribution in [3.8, 4) is 11.5 Å². The number of hydrogen-bond acceptors (Lipinski definition) is 7. The van der Waals surface area contributed by atoms with Crippen LogP contribution in [0.1, 0.15) is 11.1 Å². The standard InChI is InChI=1S/C25H29NO7SSi/c1-31-24(18-32-34(29,30)23-16-12-20(13-17-23)26(27)28)25(35(2,3)4)19-10-14-22(15-11-19)33-21-8-6-5-7-9-21/h5-17,24-25H,18H2,1-4H3/t24-,25+/m1/s1. The molecule has 3 aromatic carbocycles. The summed E-state index contributed by atoms with van der Waals surface area (Å²) in [5.74, 6) is 1.43. The highest BCUT2D eigenvalue weighted by Gasteiger charge is 2.36. The van der Waals surface area contributed by atoms with Crippen molar-refractivity contribution in [2.75, 3.05) is 13.7 Å². The summed E-state index contributed by atoms with van der Waals surface area (Å²) in [5.41, 5.74) is 0.746. The van der Waals surface area contributed by atoms with Gasteiger partial charge in [-0.3, -0.25) is 14.3 Å². The van der Waals surface area contributed by atoms with Crippen LogP contribution in [0, 0.1) is 10.1 Å². The van der Waals surface area contributed by atoms with Crippen LogP contribution in [-0.4, -0.2) is 41.2 Å². The average Bonchev–Trinajstić information content (AvgIpc) is 2.82. The van der Waals surface area contributed by atoms with Crippen molar-refractivity contribution in [1.29, 1.82) is 0 Å². The van der Waals surface area contributed by atoms with Gasteiger partial charge in [-0.2, -0.15) is 8.42 Å². The van der Waals surface area contributed by atoms with Gasteiger partial charge in [0, 0.05) is 24.8 Å². The van der Waals surface area contributed by atoms with Crippen LogP contribution in [0.4, 0.5) is 5.69 Å². The molecule has 0 unspecified atom stereocenters. The minimum absolute atomic E-state index is 0.0645. The molecule has 10 heteroatoms. The number of hydrogen-bond donors (Lipinski definition) is 0. The number of rotatable bonds is 11. The summed E-state index contributed by atoms with van der Waals surface area (Å²) in [5, 5.41) is 10.8. The first kappa shape index (κ1) is 26.5. The Kier molecular flexibility index (Phi) is 8.44. The van der Waals surface area contributed by atoms with Gasteiger partial charge in [0.05, 0.1) is 30.6 Å². The van der Waals surface area contributed by atoms with E-state index in [1.165, 1.54) is 7.11 Å². The molecule has 0 heterocycles. The summed E-state index contributed by atoms with van der Waals surface area (Å²) in [4.78, 5) is 10.1. The molecule has 0 radical (unpaired) electrons. The second-order valence-electron chi connectivity index (χ2n) is 9.09. The molecule has 0 fully saturated rings. The summed E-state index contributed by atoms with van der Waals surface area (Å²) in [6, 6.07) is 21.8.